The lowest BCUT2D eigenvalue weighted by Crippen LogP contribution is -2.49. The molecule has 0 spiro atoms. The number of piperidine rings is 1. The van der Waals surface area contributed by atoms with E-state index in [0.29, 0.717) is 13.0 Å². The maximum atomic E-state index is 11.8. The van der Waals surface area contributed by atoms with Gasteiger partial charge in [0.25, 0.3) is 0 Å². The van der Waals surface area contributed by atoms with Crippen molar-refractivity contribution in [2.24, 2.45) is 23.7 Å². The van der Waals surface area contributed by atoms with Gasteiger partial charge in [-0.25, -0.2) is 0 Å². The van der Waals surface area contributed by atoms with Crippen molar-refractivity contribution >= 4 is 11.8 Å². The van der Waals surface area contributed by atoms with Crippen LogP contribution >= 0.6 is 0 Å². The minimum atomic E-state index is -0.158. The van der Waals surface area contributed by atoms with Crippen LogP contribution in [0.2, 0.25) is 0 Å². The molecule has 0 radical (unpaired) electrons. The highest BCUT2D eigenvalue weighted by Gasteiger charge is 2.40. The van der Waals surface area contributed by atoms with Gasteiger partial charge in [0.1, 0.15) is 0 Å². The highest BCUT2D eigenvalue weighted by molar-refractivity contribution is 5.99. The van der Waals surface area contributed by atoms with Crippen molar-refractivity contribution in [1.29, 1.82) is 0 Å². The molecule has 1 aliphatic rings. The summed E-state index contributed by atoms with van der Waals surface area (Å²) in [5, 5.41) is 2.42. The molecule has 0 aromatic carbocycles. The third-order valence-corrected chi connectivity index (χ3v) is 3.33. The Hall–Kier alpha value is -0.900. The fraction of sp³-hybridized carbons (Fsp3) is 0.833. The number of ether oxygens (including phenoxy) is 1. The smallest absolute Gasteiger partial charge is 0.230 e. The molecule has 4 nitrogen and oxygen atoms in total. The predicted molar refractivity (Wildman–Crippen MR) is 60.6 cm³/mol. The van der Waals surface area contributed by atoms with Gasteiger partial charge in [-0.05, 0) is 17.8 Å². The Labute approximate surface area is 96.7 Å². The second kappa shape index (κ2) is 5.43. The first kappa shape index (κ1) is 13.2. The van der Waals surface area contributed by atoms with Crippen LogP contribution < -0.4 is 5.32 Å². The van der Waals surface area contributed by atoms with Gasteiger partial charge >= 0.3 is 0 Å². The average Bonchev–Trinajstić information content (AvgIpc) is 2.15. The lowest BCUT2D eigenvalue weighted by atomic mass is 9.72. The Kier molecular flexibility index (Phi) is 4.47. The highest BCUT2D eigenvalue weighted by Crippen LogP contribution is 2.33. The second-order valence-corrected chi connectivity index (χ2v) is 4.98. The van der Waals surface area contributed by atoms with E-state index in [9.17, 15) is 9.59 Å². The Morgan fingerprint density at radius 3 is 2.50 bits per heavy atom. The first-order valence-electron chi connectivity index (χ1n) is 5.80. The second-order valence-electron chi connectivity index (χ2n) is 4.98. The van der Waals surface area contributed by atoms with Crippen molar-refractivity contribution in [3.63, 3.8) is 0 Å². The molecule has 3 unspecified atom stereocenters. The van der Waals surface area contributed by atoms with E-state index in [-0.39, 0.29) is 35.5 Å². The molecule has 1 N–H and O–H groups in total. The van der Waals surface area contributed by atoms with Crippen LogP contribution in [0.1, 0.15) is 27.2 Å². The molecule has 0 aromatic rings. The summed E-state index contributed by atoms with van der Waals surface area (Å²) in [5.41, 5.74) is 0. The molecular formula is C12H21NO3. The normalized spacial score (nSPS) is 28.1. The predicted octanol–water partition coefficient (Wildman–Crippen LogP) is 1.20. The van der Waals surface area contributed by atoms with E-state index in [1.54, 1.807) is 7.11 Å². The Morgan fingerprint density at radius 2 is 2.00 bits per heavy atom. The number of methoxy groups -OCH3 is 1. The number of hydrogen-bond donors (Lipinski definition) is 1. The fourth-order valence-electron chi connectivity index (χ4n) is 2.55. The van der Waals surface area contributed by atoms with Crippen molar-refractivity contribution in [2.45, 2.75) is 27.2 Å². The molecule has 1 heterocycles. The molecule has 16 heavy (non-hydrogen) atoms. The van der Waals surface area contributed by atoms with Gasteiger partial charge in [-0.15, -0.1) is 0 Å². The quantitative estimate of drug-likeness (QED) is 0.734. The summed E-state index contributed by atoms with van der Waals surface area (Å²) in [4.78, 5) is 23.2. The molecule has 1 rings (SSSR count). The van der Waals surface area contributed by atoms with Gasteiger partial charge in [0, 0.05) is 26.1 Å². The summed E-state index contributed by atoms with van der Waals surface area (Å²) >= 11 is 0. The molecule has 1 fully saturated rings. The van der Waals surface area contributed by atoms with Crippen molar-refractivity contribution in [3.05, 3.63) is 0 Å². The zero-order valence-corrected chi connectivity index (χ0v) is 10.4. The van der Waals surface area contributed by atoms with Gasteiger partial charge in [0.05, 0.1) is 0 Å². The molecule has 0 saturated carbocycles. The maximum Gasteiger partial charge on any atom is 0.230 e. The summed E-state index contributed by atoms with van der Waals surface area (Å²) in [6.07, 6.45) is 0.430. The first-order chi connectivity index (χ1) is 7.47. The third-order valence-electron chi connectivity index (χ3n) is 3.33. The van der Waals surface area contributed by atoms with E-state index in [0.717, 1.165) is 0 Å². The lowest BCUT2D eigenvalue weighted by molar-refractivity contribution is -0.142. The maximum absolute atomic E-state index is 11.8. The molecule has 0 aromatic heterocycles. The molecule has 1 saturated heterocycles. The fourth-order valence-corrected chi connectivity index (χ4v) is 2.55. The van der Waals surface area contributed by atoms with E-state index in [1.807, 2.05) is 20.8 Å². The molecule has 3 atom stereocenters. The van der Waals surface area contributed by atoms with Gasteiger partial charge in [0.2, 0.25) is 11.8 Å². The molecule has 1 aliphatic heterocycles. The Morgan fingerprint density at radius 1 is 1.38 bits per heavy atom. The number of nitrogens with one attached hydrogen (secondary N) is 1. The van der Waals surface area contributed by atoms with Crippen molar-refractivity contribution in [2.75, 3.05) is 13.7 Å². The van der Waals surface area contributed by atoms with Gasteiger partial charge in [-0.2, -0.15) is 0 Å². The summed E-state index contributed by atoms with van der Waals surface area (Å²) in [5.74, 6) is 0.211. The van der Waals surface area contributed by atoms with Gasteiger partial charge < -0.3 is 4.74 Å². The summed E-state index contributed by atoms with van der Waals surface area (Å²) in [7, 11) is 1.64. The molecule has 0 aliphatic carbocycles. The monoisotopic (exact) mass is 227 g/mol. The lowest BCUT2D eigenvalue weighted by Gasteiger charge is -2.36. The highest BCUT2D eigenvalue weighted by atomic mass is 16.5. The standard InChI is InChI=1S/C12H21NO3/c1-7(2)11-9(8(3)6-16-4)5-10(14)13-12(11)15/h7-9,11H,5-6H2,1-4H3,(H,13,14,15). The van der Waals surface area contributed by atoms with Crippen molar-refractivity contribution in [3.8, 4) is 0 Å². The van der Waals surface area contributed by atoms with Crippen molar-refractivity contribution in [1.82, 2.24) is 5.32 Å². The van der Waals surface area contributed by atoms with Crippen LogP contribution in [0.25, 0.3) is 0 Å². The molecule has 92 valence electrons. The van der Waals surface area contributed by atoms with Crippen LogP contribution in [-0.4, -0.2) is 25.5 Å². The Balaban J connectivity index is 2.82. The van der Waals surface area contributed by atoms with Crippen LogP contribution in [0.5, 0.6) is 0 Å². The summed E-state index contributed by atoms with van der Waals surface area (Å²) < 4.78 is 5.11. The van der Waals surface area contributed by atoms with Gasteiger partial charge in [-0.3, -0.25) is 14.9 Å². The van der Waals surface area contributed by atoms with Crippen LogP contribution in [-0.2, 0) is 14.3 Å². The molecule has 4 heteroatoms. The number of carbonyl (C=O) groups excluding carboxylic acids is 2. The van der Waals surface area contributed by atoms with E-state index < -0.39 is 0 Å². The van der Waals surface area contributed by atoms with E-state index in [4.69, 9.17) is 4.74 Å². The zero-order valence-electron chi connectivity index (χ0n) is 10.4. The number of rotatable bonds is 4. The van der Waals surface area contributed by atoms with Crippen LogP contribution in [0, 0.1) is 23.7 Å². The van der Waals surface area contributed by atoms with Crippen LogP contribution in [0.15, 0.2) is 0 Å². The van der Waals surface area contributed by atoms with Gasteiger partial charge in [-0.1, -0.05) is 20.8 Å². The molecular weight excluding hydrogens is 206 g/mol. The minimum Gasteiger partial charge on any atom is -0.384 e. The summed E-state index contributed by atoms with van der Waals surface area (Å²) in [6, 6.07) is 0. The van der Waals surface area contributed by atoms with E-state index in [2.05, 4.69) is 5.32 Å². The molecule has 2 amide bonds. The first-order valence-corrected chi connectivity index (χ1v) is 5.80. The number of hydrogen-bond acceptors (Lipinski definition) is 3. The largest absolute Gasteiger partial charge is 0.384 e. The topological polar surface area (TPSA) is 55.4 Å². The zero-order chi connectivity index (χ0) is 12.3. The van der Waals surface area contributed by atoms with Crippen LogP contribution in [0.3, 0.4) is 0 Å². The van der Waals surface area contributed by atoms with Gasteiger partial charge in [0.15, 0.2) is 0 Å². The number of amides is 2. The van der Waals surface area contributed by atoms with E-state index >= 15 is 0 Å². The van der Waals surface area contributed by atoms with Crippen LogP contribution in [0.4, 0.5) is 0 Å². The number of carbonyl (C=O) groups is 2. The third kappa shape index (κ3) is 2.82. The minimum absolute atomic E-state index is 0.0807. The molecule has 0 bridgehead atoms. The number of imide groups is 1. The van der Waals surface area contributed by atoms with Crippen molar-refractivity contribution < 1.29 is 14.3 Å². The average molecular weight is 227 g/mol. The Bertz CT molecular complexity index is 275. The van der Waals surface area contributed by atoms with E-state index in [1.165, 1.54) is 0 Å². The summed E-state index contributed by atoms with van der Waals surface area (Å²) in [6.45, 7) is 6.67. The SMILES string of the molecule is COCC(C)C1CC(=O)NC(=O)C1C(C)C.